The number of halogens is 2. The van der Waals surface area contributed by atoms with Crippen molar-refractivity contribution in [3.63, 3.8) is 0 Å². The van der Waals surface area contributed by atoms with Gasteiger partial charge in [0, 0.05) is 4.47 Å². The molecule has 0 heterocycles. The lowest BCUT2D eigenvalue weighted by molar-refractivity contribution is -0.138. The van der Waals surface area contributed by atoms with Crippen molar-refractivity contribution in [2.24, 2.45) is 0 Å². The van der Waals surface area contributed by atoms with E-state index in [1.54, 1.807) is 20.8 Å². The maximum atomic E-state index is 13.6. The van der Waals surface area contributed by atoms with Crippen LogP contribution in [-0.2, 0) is 4.79 Å². The second kappa shape index (κ2) is 4.95. The van der Waals surface area contributed by atoms with Gasteiger partial charge >= 0.3 is 5.97 Å². The van der Waals surface area contributed by atoms with Crippen LogP contribution in [0.15, 0.2) is 10.5 Å². The summed E-state index contributed by atoms with van der Waals surface area (Å²) in [4.78, 5) is 11.1. The van der Waals surface area contributed by atoms with E-state index in [1.165, 1.54) is 6.07 Å². The monoisotopic (exact) mass is 288 g/mol. The maximum absolute atomic E-state index is 13.6. The van der Waals surface area contributed by atoms with E-state index in [0.717, 1.165) is 5.56 Å². The second-order valence-corrected chi connectivity index (χ2v) is 4.60. The molecule has 1 aromatic rings. The predicted octanol–water partition coefficient (Wildman–Crippen LogP) is 3.78. The molecular weight excluding hydrogens is 275 g/mol. The standard InChI is InChI=1S/C12H14BrFO2/c1-4-8(12(15)16)9-5-10(14)7(3)11(13)6(9)2/h5,8H,4H2,1-3H3,(H,15,16). The van der Waals surface area contributed by atoms with Gasteiger partial charge in [0.25, 0.3) is 0 Å². The summed E-state index contributed by atoms with van der Waals surface area (Å²) in [6, 6.07) is 1.33. The summed E-state index contributed by atoms with van der Waals surface area (Å²) in [6.45, 7) is 5.25. The van der Waals surface area contributed by atoms with Crippen molar-refractivity contribution in [3.05, 3.63) is 33.0 Å². The summed E-state index contributed by atoms with van der Waals surface area (Å²) in [5.41, 5.74) is 1.86. The Kier molecular flexibility index (Phi) is 4.08. The van der Waals surface area contributed by atoms with E-state index in [4.69, 9.17) is 5.11 Å². The van der Waals surface area contributed by atoms with Crippen LogP contribution in [0.4, 0.5) is 4.39 Å². The van der Waals surface area contributed by atoms with Gasteiger partial charge in [-0.3, -0.25) is 4.79 Å². The van der Waals surface area contributed by atoms with E-state index < -0.39 is 11.9 Å². The van der Waals surface area contributed by atoms with Crippen LogP contribution in [0.25, 0.3) is 0 Å². The van der Waals surface area contributed by atoms with Gasteiger partial charge in [0.2, 0.25) is 0 Å². The summed E-state index contributed by atoms with van der Waals surface area (Å²) in [5.74, 6) is -1.93. The lowest BCUT2D eigenvalue weighted by Crippen LogP contribution is -2.13. The fourth-order valence-corrected chi connectivity index (χ4v) is 2.17. The fourth-order valence-electron chi connectivity index (χ4n) is 1.76. The highest BCUT2D eigenvalue weighted by Crippen LogP contribution is 2.32. The highest BCUT2D eigenvalue weighted by molar-refractivity contribution is 9.10. The van der Waals surface area contributed by atoms with E-state index >= 15 is 0 Å². The molecule has 0 aliphatic rings. The maximum Gasteiger partial charge on any atom is 0.310 e. The molecule has 0 aliphatic carbocycles. The van der Waals surface area contributed by atoms with Crippen LogP contribution in [-0.4, -0.2) is 11.1 Å². The number of benzene rings is 1. The summed E-state index contributed by atoms with van der Waals surface area (Å²) in [5, 5.41) is 9.06. The number of hydrogen-bond acceptors (Lipinski definition) is 1. The van der Waals surface area contributed by atoms with Crippen molar-refractivity contribution in [1.29, 1.82) is 0 Å². The van der Waals surface area contributed by atoms with E-state index in [0.29, 0.717) is 22.0 Å². The zero-order valence-electron chi connectivity index (χ0n) is 9.47. The van der Waals surface area contributed by atoms with Gasteiger partial charge in [0.15, 0.2) is 0 Å². The van der Waals surface area contributed by atoms with Crippen molar-refractivity contribution in [2.75, 3.05) is 0 Å². The summed E-state index contributed by atoms with van der Waals surface area (Å²) < 4.78 is 14.2. The van der Waals surface area contributed by atoms with Crippen LogP contribution in [0.3, 0.4) is 0 Å². The van der Waals surface area contributed by atoms with Gasteiger partial charge in [-0.2, -0.15) is 0 Å². The zero-order valence-corrected chi connectivity index (χ0v) is 11.1. The highest BCUT2D eigenvalue weighted by atomic mass is 79.9. The first-order valence-corrected chi connectivity index (χ1v) is 5.87. The Morgan fingerprint density at radius 2 is 2.06 bits per heavy atom. The molecule has 0 radical (unpaired) electrons. The average Bonchev–Trinajstić information content (AvgIpc) is 2.23. The number of carboxylic acids is 1. The zero-order chi connectivity index (χ0) is 12.5. The van der Waals surface area contributed by atoms with Gasteiger partial charge in [0.1, 0.15) is 5.82 Å². The van der Waals surface area contributed by atoms with Crippen molar-refractivity contribution < 1.29 is 14.3 Å². The summed E-state index contributed by atoms with van der Waals surface area (Å²) >= 11 is 3.29. The Morgan fingerprint density at radius 3 is 2.50 bits per heavy atom. The van der Waals surface area contributed by atoms with Crippen molar-refractivity contribution >= 4 is 21.9 Å². The van der Waals surface area contributed by atoms with Crippen LogP contribution in [0, 0.1) is 19.7 Å². The fraction of sp³-hybridized carbons (Fsp3) is 0.417. The Balaban J connectivity index is 3.39. The summed E-state index contributed by atoms with van der Waals surface area (Å²) in [6.07, 6.45) is 0.450. The van der Waals surface area contributed by atoms with Crippen molar-refractivity contribution in [3.8, 4) is 0 Å². The third-order valence-electron chi connectivity index (χ3n) is 2.81. The molecule has 0 aromatic heterocycles. The van der Waals surface area contributed by atoms with E-state index in [9.17, 15) is 9.18 Å². The molecule has 0 fully saturated rings. The van der Waals surface area contributed by atoms with Gasteiger partial charge in [-0.15, -0.1) is 0 Å². The molecule has 4 heteroatoms. The molecule has 0 saturated carbocycles. The Morgan fingerprint density at radius 1 is 1.50 bits per heavy atom. The smallest absolute Gasteiger partial charge is 0.310 e. The lowest BCUT2D eigenvalue weighted by atomic mass is 9.91. The van der Waals surface area contributed by atoms with Crippen molar-refractivity contribution in [2.45, 2.75) is 33.1 Å². The second-order valence-electron chi connectivity index (χ2n) is 3.81. The highest BCUT2D eigenvalue weighted by Gasteiger charge is 2.22. The van der Waals surface area contributed by atoms with Crippen molar-refractivity contribution in [1.82, 2.24) is 0 Å². The predicted molar refractivity (Wildman–Crippen MR) is 64.2 cm³/mol. The SMILES string of the molecule is CCC(C(=O)O)c1cc(F)c(C)c(Br)c1C. The lowest BCUT2D eigenvalue weighted by Gasteiger charge is -2.16. The molecule has 16 heavy (non-hydrogen) atoms. The number of aliphatic carboxylic acids is 1. The van der Waals surface area contributed by atoms with E-state index in [1.807, 2.05) is 0 Å². The first-order chi connectivity index (χ1) is 7.40. The molecule has 1 aromatic carbocycles. The van der Waals surface area contributed by atoms with Gasteiger partial charge in [0.05, 0.1) is 5.92 Å². The minimum Gasteiger partial charge on any atom is -0.481 e. The molecule has 0 spiro atoms. The third kappa shape index (κ3) is 2.26. The Labute approximate surface area is 103 Å². The van der Waals surface area contributed by atoms with Crippen LogP contribution in [0.5, 0.6) is 0 Å². The Hall–Kier alpha value is -0.900. The number of rotatable bonds is 3. The summed E-state index contributed by atoms with van der Waals surface area (Å²) in [7, 11) is 0. The van der Waals surface area contributed by atoms with Crippen LogP contribution < -0.4 is 0 Å². The molecule has 1 atom stereocenters. The van der Waals surface area contributed by atoms with Gasteiger partial charge in [-0.05, 0) is 43.0 Å². The topological polar surface area (TPSA) is 37.3 Å². The molecule has 0 amide bonds. The van der Waals surface area contributed by atoms with Gasteiger partial charge in [-0.25, -0.2) is 4.39 Å². The Bertz CT molecular complexity index is 430. The largest absolute Gasteiger partial charge is 0.481 e. The molecule has 1 unspecified atom stereocenters. The van der Waals surface area contributed by atoms with Crippen LogP contribution >= 0.6 is 15.9 Å². The van der Waals surface area contributed by atoms with Crippen LogP contribution in [0.2, 0.25) is 0 Å². The van der Waals surface area contributed by atoms with E-state index in [2.05, 4.69) is 15.9 Å². The molecular formula is C12H14BrFO2. The quantitative estimate of drug-likeness (QED) is 0.919. The van der Waals surface area contributed by atoms with Crippen LogP contribution in [0.1, 0.15) is 36.0 Å². The molecule has 2 nitrogen and oxygen atoms in total. The van der Waals surface area contributed by atoms with E-state index in [-0.39, 0.29) is 5.82 Å². The normalized spacial score (nSPS) is 12.6. The van der Waals surface area contributed by atoms with Gasteiger partial charge in [-0.1, -0.05) is 22.9 Å². The molecule has 1 N–H and O–H groups in total. The average molecular weight is 289 g/mol. The number of carboxylic acid groups (broad SMARTS) is 1. The minimum atomic E-state index is -0.916. The molecule has 88 valence electrons. The first kappa shape index (κ1) is 13.2. The minimum absolute atomic E-state index is 0.368. The van der Waals surface area contributed by atoms with Gasteiger partial charge < -0.3 is 5.11 Å². The molecule has 0 saturated heterocycles. The molecule has 0 bridgehead atoms. The molecule has 1 rings (SSSR count). The number of carbonyl (C=O) groups is 1. The third-order valence-corrected chi connectivity index (χ3v) is 4.00. The first-order valence-electron chi connectivity index (χ1n) is 5.08. The number of hydrogen-bond donors (Lipinski definition) is 1. The molecule has 0 aliphatic heterocycles.